The standard InChI is InChI=1S/C11H19NO4S2/c1-9(2)16-5-4-12(3)18(14,15)11-6-10(7-13)17-8-11/h6,8-9,13H,4-5,7H2,1-3H3. The van der Waals surface area contributed by atoms with Crippen molar-refractivity contribution in [1.82, 2.24) is 4.31 Å². The van der Waals surface area contributed by atoms with Crippen LogP contribution in [0.15, 0.2) is 16.3 Å². The van der Waals surface area contributed by atoms with Gasteiger partial charge in [0.1, 0.15) is 0 Å². The van der Waals surface area contributed by atoms with Crippen molar-refractivity contribution in [2.45, 2.75) is 31.5 Å². The lowest BCUT2D eigenvalue weighted by atomic mass is 10.5. The number of thiophene rings is 1. The Balaban J connectivity index is 2.67. The number of likely N-dealkylation sites (N-methyl/N-ethyl adjacent to an activating group) is 1. The van der Waals surface area contributed by atoms with Crippen molar-refractivity contribution >= 4 is 21.4 Å². The minimum absolute atomic E-state index is 0.0863. The van der Waals surface area contributed by atoms with Crippen LogP contribution in [0.2, 0.25) is 0 Å². The molecule has 1 N–H and O–H groups in total. The zero-order valence-corrected chi connectivity index (χ0v) is 12.4. The zero-order valence-electron chi connectivity index (χ0n) is 10.8. The van der Waals surface area contributed by atoms with Crippen molar-refractivity contribution in [2.24, 2.45) is 0 Å². The number of hydrogen-bond acceptors (Lipinski definition) is 5. The van der Waals surface area contributed by atoms with E-state index < -0.39 is 10.0 Å². The molecule has 1 aromatic heterocycles. The molecule has 0 fully saturated rings. The van der Waals surface area contributed by atoms with Crippen LogP contribution in [0.4, 0.5) is 0 Å². The van der Waals surface area contributed by atoms with E-state index in [0.717, 1.165) is 0 Å². The number of rotatable bonds is 7. The van der Waals surface area contributed by atoms with E-state index in [-0.39, 0.29) is 17.6 Å². The first-order chi connectivity index (χ1) is 8.37. The molecule has 1 aromatic rings. The summed E-state index contributed by atoms with van der Waals surface area (Å²) in [5.41, 5.74) is 0. The molecule has 0 amide bonds. The molecule has 0 aliphatic heterocycles. The fraction of sp³-hybridized carbons (Fsp3) is 0.636. The average molecular weight is 293 g/mol. The highest BCUT2D eigenvalue weighted by atomic mass is 32.2. The number of nitrogens with zero attached hydrogens (tertiary/aromatic N) is 1. The van der Waals surface area contributed by atoms with Crippen LogP contribution < -0.4 is 0 Å². The zero-order chi connectivity index (χ0) is 13.8. The Morgan fingerprint density at radius 2 is 2.17 bits per heavy atom. The first-order valence-corrected chi connectivity index (χ1v) is 7.96. The molecule has 0 aliphatic rings. The third-order valence-electron chi connectivity index (χ3n) is 2.35. The highest BCUT2D eigenvalue weighted by Gasteiger charge is 2.21. The maximum absolute atomic E-state index is 12.1. The first kappa shape index (κ1) is 15.6. The Labute approximate surface area is 112 Å². The van der Waals surface area contributed by atoms with Gasteiger partial charge in [-0.1, -0.05) is 0 Å². The van der Waals surface area contributed by atoms with Gasteiger partial charge in [-0.15, -0.1) is 11.3 Å². The van der Waals surface area contributed by atoms with Crippen molar-refractivity contribution in [3.05, 3.63) is 16.3 Å². The minimum Gasteiger partial charge on any atom is -0.391 e. The Morgan fingerprint density at radius 1 is 1.50 bits per heavy atom. The number of aliphatic hydroxyl groups is 1. The van der Waals surface area contributed by atoms with Gasteiger partial charge < -0.3 is 9.84 Å². The molecule has 0 atom stereocenters. The van der Waals surface area contributed by atoms with Crippen LogP contribution in [-0.2, 0) is 21.4 Å². The van der Waals surface area contributed by atoms with Gasteiger partial charge >= 0.3 is 0 Å². The maximum Gasteiger partial charge on any atom is 0.243 e. The lowest BCUT2D eigenvalue weighted by Crippen LogP contribution is -2.30. The monoisotopic (exact) mass is 293 g/mol. The Morgan fingerprint density at radius 3 is 2.67 bits per heavy atom. The third kappa shape index (κ3) is 4.03. The number of ether oxygens (including phenoxy) is 1. The lowest BCUT2D eigenvalue weighted by Gasteiger charge is -2.17. The summed E-state index contributed by atoms with van der Waals surface area (Å²) in [7, 11) is -1.95. The second-order valence-corrected chi connectivity index (χ2v) is 7.19. The van der Waals surface area contributed by atoms with Crippen molar-refractivity contribution in [1.29, 1.82) is 0 Å². The van der Waals surface area contributed by atoms with Crippen LogP contribution in [0.25, 0.3) is 0 Å². The van der Waals surface area contributed by atoms with E-state index in [1.54, 1.807) is 5.38 Å². The Hall–Kier alpha value is -0.470. The molecule has 0 saturated carbocycles. The molecule has 0 radical (unpaired) electrons. The predicted molar refractivity (Wildman–Crippen MR) is 71.1 cm³/mol. The second-order valence-electron chi connectivity index (χ2n) is 4.15. The fourth-order valence-corrected chi connectivity index (χ4v) is 3.57. The van der Waals surface area contributed by atoms with Crippen LogP contribution in [0.5, 0.6) is 0 Å². The van der Waals surface area contributed by atoms with Crippen LogP contribution in [-0.4, -0.2) is 44.1 Å². The molecule has 0 bridgehead atoms. The van der Waals surface area contributed by atoms with Crippen molar-refractivity contribution in [2.75, 3.05) is 20.2 Å². The summed E-state index contributed by atoms with van der Waals surface area (Å²) in [5, 5.41) is 10.5. The molecule has 1 rings (SSSR count). The molecule has 0 aromatic carbocycles. The summed E-state index contributed by atoms with van der Waals surface area (Å²) in [4.78, 5) is 0.865. The lowest BCUT2D eigenvalue weighted by molar-refractivity contribution is 0.0737. The second kappa shape index (κ2) is 6.63. The molecule has 0 aliphatic carbocycles. The van der Waals surface area contributed by atoms with Crippen LogP contribution in [0.1, 0.15) is 18.7 Å². The van der Waals surface area contributed by atoms with Gasteiger partial charge in [0.25, 0.3) is 0 Å². The van der Waals surface area contributed by atoms with Crippen molar-refractivity contribution < 1.29 is 18.3 Å². The molecule has 5 nitrogen and oxygen atoms in total. The molecule has 0 saturated heterocycles. The SMILES string of the molecule is CC(C)OCCN(C)S(=O)(=O)c1csc(CO)c1. The summed E-state index contributed by atoms with van der Waals surface area (Å²) >= 11 is 1.24. The average Bonchev–Trinajstić information content (AvgIpc) is 2.77. The van der Waals surface area contributed by atoms with Gasteiger partial charge in [-0.2, -0.15) is 4.31 Å². The van der Waals surface area contributed by atoms with Gasteiger partial charge in [0.15, 0.2) is 0 Å². The smallest absolute Gasteiger partial charge is 0.243 e. The molecule has 0 unspecified atom stereocenters. The van der Waals surface area contributed by atoms with Gasteiger partial charge in [-0.25, -0.2) is 8.42 Å². The van der Waals surface area contributed by atoms with E-state index in [1.165, 1.54) is 28.8 Å². The van der Waals surface area contributed by atoms with E-state index in [1.807, 2.05) is 13.8 Å². The van der Waals surface area contributed by atoms with E-state index in [2.05, 4.69) is 0 Å². The maximum atomic E-state index is 12.1. The van der Waals surface area contributed by atoms with Crippen molar-refractivity contribution in [3.8, 4) is 0 Å². The van der Waals surface area contributed by atoms with Gasteiger partial charge in [0.05, 0.1) is 24.2 Å². The third-order valence-corrected chi connectivity index (χ3v) is 5.26. The van der Waals surface area contributed by atoms with E-state index in [0.29, 0.717) is 18.0 Å². The highest BCUT2D eigenvalue weighted by Crippen LogP contribution is 2.21. The van der Waals surface area contributed by atoms with Crippen molar-refractivity contribution in [3.63, 3.8) is 0 Å². The number of aliphatic hydroxyl groups excluding tert-OH is 1. The molecular weight excluding hydrogens is 274 g/mol. The van der Waals surface area contributed by atoms with Crippen LogP contribution in [0, 0.1) is 0 Å². The summed E-state index contributed by atoms with van der Waals surface area (Å²) in [6.45, 7) is 4.34. The molecular formula is C11H19NO4S2. The summed E-state index contributed by atoms with van der Waals surface area (Å²) < 4.78 is 30.9. The van der Waals surface area contributed by atoms with Gasteiger partial charge in [-0.3, -0.25) is 0 Å². The molecule has 18 heavy (non-hydrogen) atoms. The first-order valence-electron chi connectivity index (χ1n) is 5.64. The van der Waals surface area contributed by atoms with Gasteiger partial charge in [0, 0.05) is 23.8 Å². The molecule has 0 spiro atoms. The largest absolute Gasteiger partial charge is 0.391 e. The summed E-state index contributed by atoms with van der Waals surface area (Å²) in [5.74, 6) is 0. The van der Waals surface area contributed by atoms with Gasteiger partial charge in [0.2, 0.25) is 10.0 Å². The number of sulfonamides is 1. The van der Waals surface area contributed by atoms with Gasteiger partial charge in [-0.05, 0) is 19.9 Å². The van der Waals surface area contributed by atoms with Crippen LogP contribution in [0.3, 0.4) is 0 Å². The van der Waals surface area contributed by atoms with E-state index in [4.69, 9.17) is 9.84 Å². The molecule has 7 heteroatoms. The van der Waals surface area contributed by atoms with E-state index in [9.17, 15) is 8.42 Å². The summed E-state index contributed by atoms with van der Waals surface area (Å²) in [6, 6.07) is 1.50. The quantitative estimate of drug-likeness (QED) is 0.822. The number of hydrogen-bond donors (Lipinski definition) is 1. The Bertz CT molecular complexity index is 467. The molecule has 1 heterocycles. The van der Waals surface area contributed by atoms with E-state index >= 15 is 0 Å². The topological polar surface area (TPSA) is 66.8 Å². The van der Waals surface area contributed by atoms with Crippen LogP contribution >= 0.6 is 11.3 Å². The highest BCUT2D eigenvalue weighted by molar-refractivity contribution is 7.89. The Kier molecular flexibility index (Phi) is 5.74. The predicted octanol–water partition coefficient (Wildman–Crippen LogP) is 1.29. The summed E-state index contributed by atoms with van der Waals surface area (Å²) in [6.07, 6.45) is 0.0863. The minimum atomic E-state index is -3.47. The fourth-order valence-electron chi connectivity index (χ4n) is 1.30. The molecule has 104 valence electrons. The normalized spacial score (nSPS) is 12.6.